The van der Waals surface area contributed by atoms with E-state index in [4.69, 9.17) is 0 Å². The second-order valence-electron chi connectivity index (χ2n) is 4.85. The first-order chi connectivity index (χ1) is 9.15. The van der Waals surface area contributed by atoms with Gasteiger partial charge in [0, 0.05) is 29.1 Å². The van der Waals surface area contributed by atoms with Gasteiger partial charge in [-0.05, 0) is 43.0 Å². The molecule has 0 saturated heterocycles. The van der Waals surface area contributed by atoms with E-state index in [0.29, 0.717) is 18.2 Å². The van der Waals surface area contributed by atoms with Crippen LogP contribution in [-0.2, 0) is 6.54 Å². The van der Waals surface area contributed by atoms with Crippen LogP contribution in [0.15, 0.2) is 50.7 Å². The zero-order chi connectivity index (χ0) is 13.4. The van der Waals surface area contributed by atoms with Gasteiger partial charge in [0.15, 0.2) is 0 Å². The molecule has 1 aliphatic carbocycles. The monoisotopic (exact) mass is 320 g/mol. The summed E-state index contributed by atoms with van der Waals surface area (Å²) < 4.78 is 3.85. The molecule has 19 heavy (non-hydrogen) atoms. The van der Waals surface area contributed by atoms with Crippen LogP contribution < -0.4 is 11.1 Å². The number of hydrogen-bond donors (Lipinski definition) is 0. The first kappa shape index (κ1) is 12.4. The Balaban J connectivity index is 2.03. The number of benzene rings is 1. The zero-order valence-corrected chi connectivity index (χ0v) is 11.8. The summed E-state index contributed by atoms with van der Waals surface area (Å²) in [5.74, 6) is 0.570. The molecule has 0 N–H and O–H groups in total. The largest absolute Gasteiger partial charge is 0.320 e. The lowest BCUT2D eigenvalue weighted by Crippen LogP contribution is -2.40. The fourth-order valence-electron chi connectivity index (χ4n) is 2.04. The molecule has 0 aliphatic heterocycles. The van der Waals surface area contributed by atoms with E-state index >= 15 is 0 Å². The van der Waals surface area contributed by atoms with Gasteiger partial charge in [-0.3, -0.25) is 14.2 Å². The topological polar surface area (TPSA) is 44.0 Å². The molecule has 0 amide bonds. The number of aromatic nitrogens is 2. The standard InChI is InChI=1S/C14H13BrN2O2/c15-11-3-5-12(6-4-11)17-8-7-16(9-10-1-2-10)13(18)14(17)19/h3-8,10H,1-2,9H2. The Morgan fingerprint density at radius 3 is 2.37 bits per heavy atom. The number of nitrogens with zero attached hydrogens (tertiary/aromatic N) is 2. The van der Waals surface area contributed by atoms with Crippen molar-refractivity contribution in [2.75, 3.05) is 0 Å². The van der Waals surface area contributed by atoms with Gasteiger partial charge in [-0.2, -0.15) is 0 Å². The molecule has 98 valence electrons. The van der Waals surface area contributed by atoms with Crippen molar-refractivity contribution in [1.29, 1.82) is 0 Å². The van der Waals surface area contributed by atoms with E-state index in [-0.39, 0.29) is 0 Å². The minimum atomic E-state index is -0.495. The number of halogens is 1. The van der Waals surface area contributed by atoms with Gasteiger partial charge in [-0.15, -0.1) is 0 Å². The highest BCUT2D eigenvalue weighted by atomic mass is 79.9. The molecular formula is C14H13BrN2O2. The predicted octanol–water partition coefficient (Wildman–Crippen LogP) is 2.17. The third kappa shape index (κ3) is 2.56. The van der Waals surface area contributed by atoms with Gasteiger partial charge in [0.25, 0.3) is 0 Å². The van der Waals surface area contributed by atoms with Crippen molar-refractivity contribution in [2.45, 2.75) is 19.4 Å². The highest BCUT2D eigenvalue weighted by Gasteiger charge is 2.22. The predicted molar refractivity (Wildman–Crippen MR) is 76.7 cm³/mol. The van der Waals surface area contributed by atoms with Crippen LogP contribution in [0.5, 0.6) is 0 Å². The molecule has 0 atom stereocenters. The van der Waals surface area contributed by atoms with E-state index in [1.165, 1.54) is 9.13 Å². The van der Waals surface area contributed by atoms with Crippen LogP contribution in [0.3, 0.4) is 0 Å². The molecule has 4 nitrogen and oxygen atoms in total. The molecule has 3 rings (SSSR count). The van der Waals surface area contributed by atoms with Crippen LogP contribution in [0.25, 0.3) is 5.69 Å². The van der Waals surface area contributed by atoms with Crippen LogP contribution >= 0.6 is 15.9 Å². The summed E-state index contributed by atoms with van der Waals surface area (Å²) in [4.78, 5) is 24.1. The van der Waals surface area contributed by atoms with Crippen molar-refractivity contribution in [3.63, 3.8) is 0 Å². The van der Waals surface area contributed by atoms with E-state index in [0.717, 1.165) is 17.3 Å². The summed E-state index contributed by atoms with van der Waals surface area (Å²) in [6, 6.07) is 7.29. The maximum absolute atomic E-state index is 12.1. The number of hydrogen-bond acceptors (Lipinski definition) is 2. The minimum absolute atomic E-state index is 0.447. The Labute approximate surface area is 118 Å². The molecule has 0 radical (unpaired) electrons. The molecule has 1 aliphatic rings. The molecule has 1 heterocycles. The van der Waals surface area contributed by atoms with Crippen molar-refractivity contribution in [3.05, 3.63) is 61.8 Å². The Morgan fingerprint density at radius 1 is 1.05 bits per heavy atom. The molecule has 0 bridgehead atoms. The summed E-state index contributed by atoms with van der Waals surface area (Å²) in [5, 5.41) is 0. The molecule has 5 heteroatoms. The Hall–Kier alpha value is -1.62. The lowest BCUT2D eigenvalue weighted by Gasteiger charge is -2.08. The number of rotatable bonds is 3. The molecule has 1 saturated carbocycles. The van der Waals surface area contributed by atoms with E-state index in [1.807, 2.05) is 12.1 Å². The lowest BCUT2D eigenvalue weighted by molar-refractivity contribution is 0.592. The SMILES string of the molecule is O=c1c(=O)n(-c2ccc(Br)cc2)ccn1CC1CC1. The molecule has 1 aromatic carbocycles. The van der Waals surface area contributed by atoms with Crippen LogP contribution in [0.1, 0.15) is 12.8 Å². The van der Waals surface area contributed by atoms with Crippen LogP contribution in [-0.4, -0.2) is 9.13 Å². The van der Waals surface area contributed by atoms with Gasteiger partial charge >= 0.3 is 11.1 Å². The first-order valence-corrected chi connectivity index (χ1v) is 7.02. The minimum Gasteiger partial charge on any atom is -0.309 e. The summed E-state index contributed by atoms with van der Waals surface area (Å²) in [7, 11) is 0. The van der Waals surface area contributed by atoms with E-state index < -0.39 is 11.1 Å². The summed E-state index contributed by atoms with van der Waals surface area (Å²) >= 11 is 3.34. The third-order valence-electron chi connectivity index (χ3n) is 3.31. The highest BCUT2D eigenvalue weighted by molar-refractivity contribution is 9.10. The highest BCUT2D eigenvalue weighted by Crippen LogP contribution is 2.29. The van der Waals surface area contributed by atoms with E-state index in [2.05, 4.69) is 15.9 Å². The lowest BCUT2D eigenvalue weighted by atomic mass is 10.3. The first-order valence-electron chi connectivity index (χ1n) is 6.23. The van der Waals surface area contributed by atoms with Gasteiger partial charge in [0.1, 0.15) is 0 Å². The molecule has 1 aromatic heterocycles. The van der Waals surface area contributed by atoms with Gasteiger partial charge in [0.2, 0.25) is 0 Å². The normalized spacial score (nSPS) is 14.6. The second kappa shape index (κ2) is 4.81. The fraction of sp³-hybridized carbons (Fsp3) is 0.286. The third-order valence-corrected chi connectivity index (χ3v) is 3.84. The van der Waals surface area contributed by atoms with Crippen LogP contribution in [0.2, 0.25) is 0 Å². The van der Waals surface area contributed by atoms with Crippen molar-refractivity contribution >= 4 is 15.9 Å². The fourth-order valence-corrected chi connectivity index (χ4v) is 2.30. The molecule has 2 aromatic rings. The van der Waals surface area contributed by atoms with Crippen molar-refractivity contribution in [3.8, 4) is 5.69 Å². The van der Waals surface area contributed by atoms with Gasteiger partial charge in [0.05, 0.1) is 0 Å². The molecule has 0 spiro atoms. The zero-order valence-electron chi connectivity index (χ0n) is 10.3. The maximum Gasteiger partial charge on any atom is 0.320 e. The summed E-state index contributed by atoms with van der Waals surface area (Å²) in [6.45, 7) is 0.662. The van der Waals surface area contributed by atoms with Crippen LogP contribution in [0, 0.1) is 5.92 Å². The van der Waals surface area contributed by atoms with Crippen molar-refractivity contribution < 1.29 is 0 Å². The maximum atomic E-state index is 12.1. The second-order valence-corrected chi connectivity index (χ2v) is 5.77. The smallest absolute Gasteiger partial charge is 0.309 e. The molecule has 0 unspecified atom stereocenters. The molecular weight excluding hydrogens is 308 g/mol. The summed E-state index contributed by atoms with van der Waals surface area (Å²) in [5.41, 5.74) is -0.244. The summed E-state index contributed by atoms with van der Waals surface area (Å²) in [6.07, 6.45) is 5.67. The molecule has 1 fully saturated rings. The Morgan fingerprint density at radius 2 is 1.74 bits per heavy atom. The van der Waals surface area contributed by atoms with Gasteiger partial charge < -0.3 is 4.57 Å². The van der Waals surface area contributed by atoms with E-state index in [1.54, 1.807) is 24.5 Å². The van der Waals surface area contributed by atoms with E-state index in [9.17, 15) is 9.59 Å². The van der Waals surface area contributed by atoms with Crippen molar-refractivity contribution in [2.24, 2.45) is 5.92 Å². The quantitative estimate of drug-likeness (QED) is 0.813. The van der Waals surface area contributed by atoms with Gasteiger partial charge in [-0.1, -0.05) is 15.9 Å². The van der Waals surface area contributed by atoms with Crippen LogP contribution in [0.4, 0.5) is 0 Å². The Bertz CT molecular complexity index is 711. The Kier molecular flexibility index (Phi) is 3.14. The van der Waals surface area contributed by atoms with Gasteiger partial charge in [-0.25, -0.2) is 0 Å². The average Bonchev–Trinajstić information content (AvgIpc) is 3.21. The average molecular weight is 321 g/mol. The van der Waals surface area contributed by atoms with Crippen molar-refractivity contribution in [1.82, 2.24) is 9.13 Å².